The number of hydrogen-bond donors (Lipinski definition) is 1. The van der Waals surface area contributed by atoms with Gasteiger partial charge >= 0.3 is 0 Å². The van der Waals surface area contributed by atoms with E-state index in [2.05, 4.69) is 32.9 Å². The van der Waals surface area contributed by atoms with E-state index in [0.717, 1.165) is 9.13 Å². The molecule has 0 fully saturated rings. The van der Waals surface area contributed by atoms with Crippen molar-refractivity contribution in [3.8, 4) is 0 Å². The van der Waals surface area contributed by atoms with Gasteiger partial charge in [-0.2, -0.15) is 0 Å². The van der Waals surface area contributed by atoms with Crippen molar-refractivity contribution in [2.75, 3.05) is 0 Å². The van der Waals surface area contributed by atoms with E-state index in [0.29, 0.717) is 6.54 Å². The number of nitrogens with one attached hydrogen (secondary N) is 1. The molecule has 5 nitrogen and oxygen atoms in total. The molecule has 2 rings (SSSR count). The van der Waals surface area contributed by atoms with Gasteiger partial charge in [-0.15, -0.1) is 0 Å². The van der Waals surface area contributed by atoms with Gasteiger partial charge in [0.25, 0.3) is 5.56 Å². The molecule has 6 heteroatoms. The van der Waals surface area contributed by atoms with Gasteiger partial charge in [0.15, 0.2) is 0 Å². The minimum atomic E-state index is -0.237. The molecule has 0 unspecified atom stereocenters. The monoisotopic (exact) mass is 369 g/mol. The van der Waals surface area contributed by atoms with Crippen LogP contribution in [-0.4, -0.2) is 15.5 Å². The van der Waals surface area contributed by atoms with Gasteiger partial charge < -0.3 is 5.32 Å². The summed E-state index contributed by atoms with van der Waals surface area (Å²) in [5.74, 6) is -0.214. The van der Waals surface area contributed by atoms with Gasteiger partial charge in [-0.05, 0) is 40.3 Å². The third-order valence-corrected chi connectivity index (χ3v) is 3.23. The normalized spacial score (nSPS) is 10.2. The molecule has 98 valence electrons. The van der Waals surface area contributed by atoms with Crippen LogP contribution in [0.1, 0.15) is 5.56 Å². The Morgan fingerprint density at radius 2 is 2.00 bits per heavy atom. The third kappa shape index (κ3) is 4.16. The van der Waals surface area contributed by atoms with Gasteiger partial charge in [-0.25, -0.2) is 4.98 Å². The van der Waals surface area contributed by atoms with E-state index in [1.807, 2.05) is 24.3 Å². The van der Waals surface area contributed by atoms with E-state index < -0.39 is 0 Å². The average Bonchev–Trinajstić information content (AvgIpc) is 2.41. The lowest BCUT2D eigenvalue weighted by Crippen LogP contribution is -2.31. The zero-order chi connectivity index (χ0) is 13.7. The Labute approximate surface area is 123 Å². The molecule has 1 heterocycles. The van der Waals surface area contributed by atoms with Crippen LogP contribution in [0.4, 0.5) is 0 Å². The molecular weight excluding hydrogens is 357 g/mol. The molecular formula is C13H12IN3O2. The highest BCUT2D eigenvalue weighted by Gasteiger charge is 2.03. The standard InChI is InChI=1S/C13H12IN3O2/c14-11-3-1-10(2-4-11)7-16-12(18)8-17-9-15-6-5-13(17)19/h1-6,9H,7-8H2,(H,16,18). The lowest BCUT2D eigenvalue weighted by molar-refractivity contribution is -0.121. The van der Waals surface area contributed by atoms with Crippen molar-refractivity contribution in [3.05, 3.63) is 62.3 Å². The summed E-state index contributed by atoms with van der Waals surface area (Å²) >= 11 is 2.22. The highest BCUT2D eigenvalue weighted by atomic mass is 127. The van der Waals surface area contributed by atoms with E-state index >= 15 is 0 Å². The second-order valence-corrected chi connectivity index (χ2v) is 5.20. The molecule has 1 aromatic carbocycles. The minimum absolute atomic E-state index is 0.0168. The van der Waals surface area contributed by atoms with Crippen molar-refractivity contribution in [1.29, 1.82) is 0 Å². The summed E-state index contributed by atoms with van der Waals surface area (Å²) in [7, 11) is 0. The Kier molecular flexibility index (Phi) is 4.67. The van der Waals surface area contributed by atoms with E-state index in [1.54, 1.807) is 0 Å². The van der Waals surface area contributed by atoms with Crippen LogP contribution >= 0.6 is 22.6 Å². The summed E-state index contributed by atoms with van der Waals surface area (Å²) in [6, 6.07) is 9.20. The van der Waals surface area contributed by atoms with Crippen molar-refractivity contribution in [1.82, 2.24) is 14.9 Å². The largest absolute Gasteiger partial charge is 0.350 e. The first-order chi connectivity index (χ1) is 9.15. The maximum absolute atomic E-state index is 11.7. The quantitative estimate of drug-likeness (QED) is 0.823. The zero-order valence-electron chi connectivity index (χ0n) is 10.0. The summed E-state index contributed by atoms with van der Waals surface area (Å²) < 4.78 is 2.41. The number of carbonyl (C=O) groups excluding carboxylic acids is 1. The second kappa shape index (κ2) is 6.46. The number of amides is 1. The number of hydrogen-bond acceptors (Lipinski definition) is 3. The highest BCUT2D eigenvalue weighted by molar-refractivity contribution is 14.1. The number of halogens is 1. The molecule has 19 heavy (non-hydrogen) atoms. The molecule has 0 aliphatic heterocycles. The zero-order valence-corrected chi connectivity index (χ0v) is 12.2. The van der Waals surface area contributed by atoms with Crippen LogP contribution in [0.5, 0.6) is 0 Å². The van der Waals surface area contributed by atoms with Crippen LogP contribution in [-0.2, 0) is 17.9 Å². The fourth-order valence-electron chi connectivity index (χ4n) is 1.51. The number of aromatic nitrogens is 2. The van der Waals surface area contributed by atoms with Gasteiger partial charge in [-0.3, -0.25) is 14.2 Å². The molecule has 0 atom stereocenters. The first kappa shape index (κ1) is 13.7. The van der Waals surface area contributed by atoms with E-state index in [9.17, 15) is 9.59 Å². The molecule has 1 aromatic heterocycles. The summed E-state index contributed by atoms with van der Waals surface area (Å²) in [6.45, 7) is 0.432. The Hall–Kier alpha value is -1.70. The SMILES string of the molecule is O=C(Cn1cnccc1=O)NCc1ccc(I)cc1. The van der Waals surface area contributed by atoms with Gasteiger partial charge in [0.05, 0.1) is 6.33 Å². The lowest BCUT2D eigenvalue weighted by atomic mass is 10.2. The van der Waals surface area contributed by atoms with Gasteiger partial charge in [0.1, 0.15) is 6.54 Å². The molecule has 0 saturated heterocycles. The summed E-state index contributed by atoms with van der Waals surface area (Å²) in [4.78, 5) is 26.9. The number of carbonyl (C=O) groups is 1. The molecule has 0 saturated carbocycles. The van der Waals surface area contributed by atoms with Crippen molar-refractivity contribution < 1.29 is 4.79 Å². The Morgan fingerprint density at radius 3 is 2.68 bits per heavy atom. The predicted octanol–water partition coefficient (Wildman–Crippen LogP) is 1.16. The van der Waals surface area contributed by atoms with Crippen LogP contribution < -0.4 is 10.9 Å². The number of rotatable bonds is 4. The Balaban J connectivity index is 1.90. The molecule has 0 bridgehead atoms. The lowest BCUT2D eigenvalue weighted by Gasteiger charge is -2.06. The van der Waals surface area contributed by atoms with Crippen molar-refractivity contribution in [2.45, 2.75) is 13.1 Å². The highest BCUT2D eigenvalue weighted by Crippen LogP contribution is 2.06. The molecule has 0 aliphatic rings. The van der Waals surface area contributed by atoms with Crippen LogP contribution in [0, 0.1) is 3.57 Å². The third-order valence-electron chi connectivity index (χ3n) is 2.51. The summed E-state index contributed by atoms with van der Waals surface area (Å²) in [5.41, 5.74) is 0.784. The van der Waals surface area contributed by atoms with E-state index in [4.69, 9.17) is 0 Å². The molecule has 1 N–H and O–H groups in total. The maximum atomic E-state index is 11.7. The van der Waals surface area contributed by atoms with Crippen LogP contribution in [0.2, 0.25) is 0 Å². The molecule has 2 aromatic rings. The first-order valence-electron chi connectivity index (χ1n) is 5.67. The smallest absolute Gasteiger partial charge is 0.253 e. The van der Waals surface area contributed by atoms with Crippen molar-refractivity contribution in [2.24, 2.45) is 0 Å². The van der Waals surface area contributed by atoms with Gasteiger partial charge in [0, 0.05) is 22.4 Å². The van der Waals surface area contributed by atoms with Crippen molar-refractivity contribution >= 4 is 28.5 Å². The van der Waals surface area contributed by atoms with Crippen LogP contribution in [0.15, 0.2) is 47.7 Å². The molecule has 0 aliphatic carbocycles. The topological polar surface area (TPSA) is 64.0 Å². The fraction of sp³-hybridized carbons (Fsp3) is 0.154. The summed E-state index contributed by atoms with van der Waals surface area (Å²) in [6.07, 6.45) is 2.76. The second-order valence-electron chi connectivity index (χ2n) is 3.95. The summed E-state index contributed by atoms with van der Waals surface area (Å²) in [5, 5.41) is 2.77. The van der Waals surface area contributed by atoms with E-state index in [1.165, 1.54) is 23.2 Å². The van der Waals surface area contributed by atoms with E-state index in [-0.39, 0.29) is 18.0 Å². The average molecular weight is 369 g/mol. The predicted molar refractivity (Wildman–Crippen MR) is 79.5 cm³/mol. The molecule has 0 radical (unpaired) electrons. The molecule has 0 spiro atoms. The fourth-order valence-corrected chi connectivity index (χ4v) is 1.87. The number of nitrogens with zero attached hydrogens (tertiary/aromatic N) is 2. The number of benzene rings is 1. The van der Waals surface area contributed by atoms with Gasteiger partial charge in [0.2, 0.25) is 5.91 Å². The Bertz CT molecular complexity index is 622. The first-order valence-corrected chi connectivity index (χ1v) is 6.74. The Morgan fingerprint density at radius 1 is 1.26 bits per heavy atom. The van der Waals surface area contributed by atoms with Crippen LogP contribution in [0.3, 0.4) is 0 Å². The van der Waals surface area contributed by atoms with Gasteiger partial charge in [-0.1, -0.05) is 12.1 Å². The minimum Gasteiger partial charge on any atom is -0.350 e. The maximum Gasteiger partial charge on any atom is 0.253 e. The molecule has 1 amide bonds. The van der Waals surface area contributed by atoms with Crippen LogP contribution in [0.25, 0.3) is 0 Å². The van der Waals surface area contributed by atoms with Crippen molar-refractivity contribution in [3.63, 3.8) is 0 Å².